The molecule has 104 valence electrons. The van der Waals surface area contributed by atoms with Crippen LogP contribution in [0.4, 0.5) is 20.2 Å². The number of aliphatic hydroxyl groups excluding tert-OH is 1. The highest BCUT2D eigenvalue weighted by Crippen LogP contribution is 2.32. The number of aliphatic hydroxyl groups is 1. The Kier molecular flexibility index (Phi) is 3.66. The van der Waals surface area contributed by atoms with Gasteiger partial charge in [0, 0.05) is 19.0 Å². The van der Waals surface area contributed by atoms with E-state index in [0.29, 0.717) is 31.6 Å². The predicted octanol–water partition coefficient (Wildman–Crippen LogP) is 2.08. The predicted molar refractivity (Wildman–Crippen MR) is 65.0 cm³/mol. The fourth-order valence-corrected chi connectivity index (χ4v) is 2.34. The number of benzene rings is 1. The highest BCUT2D eigenvalue weighted by Gasteiger charge is 2.30. The zero-order valence-electron chi connectivity index (χ0n) is 10.3. The molecule has 1 fully saturated rings. The minimum absolute atomic E-state index is 0.0472. The van der Waals surface area contributed by atoms with Crippen LogP contribution in [0.3, 0.4) is 0 Å². The van der Waals surface area contributed by atoms with Gasteiger partial charge in [-0.05, 0) is 13.3 Å². The maximum Gasteiger partial charge on any atom is 0.275 e. The number of rotatable bonds is 3. The normalized spacial score (nSPS) is 20.6. The summed E-state index contributed by atoms with van der Waals surface area (Å²) in [5.41, 5.74) is -0.862. The topological polar surface area (TPSA) is 66.6 Å². The van der Waals surface area contributed by atoms with Gasteiger partial charge in [-0.2, -0.15) is 0 Å². The molecule has 0 radical (unpaired) electrons. The number of nitrogens with zero attached hydrogens (tertiary/aromatic N) is 2. The Labute approximate surface area is 108 Å². The van der Waals surface area contributed by atoms with E-state index in [4.69, 9.17) is 0 Å². The van der Waals surface area contributed by atoms with E-state index in [0.717, 1.165) is 0 Å². The summed E-state index contributed by atoms with van der Waals surface area (Å²) in [4.78, 5) is 11.1. The molecular weight excluding hydrogens is 258 g/mol. The van der Waals surface area contributed by atoms with Crippen LogP contribution in [0, 0.1) is 27.7 Å². The summed E-state index contributed by atoms with van der Waals surface area (Å²) in [6.45, 7) is 2.39. The fourth-order valence-electron chi connectivity index (χ4n) is 2.34. The van der Waals surface area contributed by atoms with Crippen molar-refractivity contribution in [2.75, 3.05) is 18.0 Å². The lowest BCUT2D eigenvalue weighted by Gasteiger charge is -2.20. The summed E-state index contributed by atoms with van der Waals surface area (Å²) in [5, 5.41) is 20.0. The molecule has 19 heavy (non-hydrogen) atoms. The molecule has 1 aliphatic heterocycles. The summed E-state index contributed by atoms with van der Waals surface area (Å²) in [7, 11) is 0. The number of hydrogen-bond donors (Lipinski definition) is 1. The molecular formula is C12H14F2N2O3. The van der Waals surface area contributed by atoms with Crippen molar-refractivity contribution in [3.05, 3.63) is 33.9 Å². The Morgan fingerprint density at radius 2 is 2.05 bits per heavy atom. The van der Waals surface area contributed by atoms with Crippen molar-refractivity contribution >= 4 is 11.4 Å². The number of nitro groups is 1. The molecule has 1 aliphatic rings. The SMILES string of the molecule is CC(O)C1CCN(c2c(F)cc([N+](=O)[O-])cc2F)C1. The third-order valence-corrected chi connectivity index (χ3v) is 3.44. The fraction of sp³-hybridized carbons (Fsp3) is 0.500. The Morgan fingerprint density at radius 1 is 1.47 bits per heavy atom. The van der Waals surface area contributed by atoms with Crippen LogP contribution in [0.1, 0.15) is 13.3 Å². The number of anilines is 1. The van der Waals surface area contributed by atoms with Gasteiger partial charge in [0.1, 0.15) is 5.69 Å². The lowest BCUT2D eigenvalue weighted by atomic mass is 10.0. The first-order valence-corrected chi connectivity index (χ1v) is 5.96. The molecule has 2 rings (SSSR count). The maximum atomic E-state index is 13.8. The van der Waals surface area contributed by atoms with Crippen LogP contribution in [0.2, 0.25) is 0 Å². The number of non-ortho nitro benzene ring substituents is 1. The lowest BCUT2D eigenvalue weighted by Crippen LogP contribution is -2.25. The zero-order valence-corrected chi connectivity index (χ0v) is 10.3. The van der Waals surface area contributed by atoms with Crippen LogP contribution in [0.15, 0.2) is 12.1 Å². The largest absolute Gasteiger partial charge is 0.393 e. The van der Waals surface area contributed by atoms with Crippen molar-refractivity contribution in [2.45, 2.75) is 19.4 Å². The Hall–Kier alpha value is -1.76. The average molecular weight is 272 g/mol. The summed E-state index contributed by atoms with van der Waals surface area (Å²) in [6, 6.07) is 1.43. The first-order valence-electron chi connectivity index (χ1n) is 5.96. The molecule has 1 saturated heterocycles. The van der Waals surface area contributed by atoms with Crippen molar-refractivity contribution in [2.24, 2.45) is 5.92 Å². The average Bonchev–Trinajstić information content (AvgIpc) is 2.77. The van der Waals surface area contributed by atoms with Gasteiger partial charge in [0.2, 0.25) is 0 Å². The van der Waals surface area contributed by atoms with Gasteiger partial charge in [0.25, 0.3) is 5.69 Å². The maximum absolute atomic E-state index is 13.8. The number of halogens is 2. The summed E-state index contributed by atoms with van der Waals surface area (Å²) in [5.74, 6) is -1.94. The van der Waals surface area contributed by atoms with Crippen LogP contribution in [0.5, 0.6) is 0 Å². The molecule has 0 aromatic heterocycles. The minimum atomic E-state index is -0.946. The molecule has 1 heterocycles. The second kappa shape index (κ2) is 5.08. The molecule has 5 nitrogen and oxygen atoms in total. The first kappa shape index (κ1) is 13.7. The molecule has 7 heteroatoms. The molecule has 1 aromatic carbocycles. The van der Waals surface area contributed by atoms with Gasteiger partial charge in [-0.25, -0.2) is 8.78 Å². The van der Waals surface area contributed by atoms with Crippen LogP contribution >= 0.6 is 0 Å². The van der Waals surface area contributed by atoms with Gasteiger partial charge < -0.3 is 10.0 Å². The third kappa shape index (κ3) is 2.65. The number of nitro benzene ring substituents is 1. The second-order valence-electron chi connectivity index (χ2n) is 4.75. The van der Waals surface area contributed by atoms with Crippen LogP contribution in [0.25, 0.3) is 0 Å². The Balaban J connectivity index is 2.29. The summed E-state index contributed by atoms with van der Waals surface area (Å²) < 4.78 is 27.6. The number of hydrogen-bond acceptors (Lipinski definition) is 4. The van der Waals surface area contributed by atoms with Gasteiger partial charge in [-0.1, -0.05) is 0 Å². The van der Waals surface area contributed by atoms with Crippen molar-refractivity contribution in [3.8, 4) is 0 Å². The van der Waals surface area contributed by atoms with Crippen molar-refractivity contribution in [1.82, 2.24) is 0 Å². The van der Waals surface area contributed by atoms with E-state index in [2.05, 4.69) is 0 Å². The third-order valence-electron chi connectivity index (χ3n) is 3.44. The van der Waals surface area contributed by atoms with E-state index in [-0.39, 0.29) is 11.6 Å². The van der Waals surface area contributed by atoms with E-state index in [9.17, 15) is 24.0 Å². The molecule has 1 aromatic rings. The summed E-state index contributed by atoms with van der Waals surface area (Å²) in [6.07, 6.45) is 0.0854. The van der Waals surface area contributed by atoms with Gasteiger partial charge >= 0.3 is 0 Å². The van der Waals surface area contributed by atoms with Crippen LogP contribution in [-0.4, -0.2) is 29.2 Å². The molecule has 2 unspecified atom stereocenters. The van der Waals surface area contributed by atoms with Gasteiger partial charge in [-0.15, -0.1) is 0 Å². The quantitative estimate of drug-likeness (QED) is 0.675. The lowest BCUT2D eigenvalue weighted by molar-refractivity contribution is -0.385. The van der Waals surface area contributed by atoms with Crippen molar-refractivity contribution < 1.29 is 18.8 Å². The second-order valence-corrected chi connectivity index (χ2v) is 4.75. The molecule has 0 saturated carbocycles. The molecule has 0 aliphatic carbocycles. The highest BCUT2D eigenvalue weighted by molar-refractivity contribution is 5.54. The minimum Gasteiger partial charge on any atom is -0.393 e. The zero-order chi connectivity index (χ0) is 14.2. The smallest absolute Gasteiger partial charge is 0.275 e. The molecule has 2 atom stereocenters. The van der Waals surface area contributed by atoms with E-state index < -0.39 is 28.3 Å². The molecule has 1 N–H and O–H groups in total. The van der Waals surface area contributed by atoms with Crippen LogP contribution < -0.4 is 4.90 Å². The monoisotopic (exact) mass is 272 g/mol. The Morgan fingerprint density at radius 3 is 2.47 bits per heavy atom. The van der Waals surface area contributed by atoms with Gasteiger partial charge in [0.05, 0.1) is 23.2 Å². The first-order chi connectivity index (χ1) is 8.90. The van der Waals surface area contributed by atoms with Crippen molar-refractivity contribution in [1.29, 1.82) is 0 Å². The molecule has 0 spiro atoms. The van der Waals surface area contributed by atoms with Gasteiger partial charge in [0.15, 0.2) is 11.6 Å². The van der Waals surface area contributed by atoms with E-state index >= 15 is 0 Å². The van der Waals surface area contributed by atoms with Gasteiger partial charge in [-0.3, -0.25) is 10.1 Å². The van der Waals surface area contributed by atoms with E-state index in [1.165, 1.54) is 4.90 Å². The Bertz CT molecular complexity index is 485. The van der Waals surface area contributed by atoms with E-state index in [1.54, 1.807) is 6.92 Å². The molecule has 0 bridgehead atoms. The standard InChI is InChI=1S/C12H14F2N2O3/c1-7(17)8-2-3-15(6-8)12-10(13)4-9(16(18)19)5-11(12)14/h4-5,7-8,17H,2-3,6H2,1H3. The van der Waals surface area contributed by atoms with E-state index in [1.807, 2.05) is 0 Å². The van der Waals surface area contributed by atoms with Crippen molar-refractivity contribution in [3.63, 3.8) is 0 Å². The summed E-state index contributed by atoms with van der Waals surface area (Å²) >= 11 is 0. The highest BCUT2D eigenvalue weighted by atomic mass is 19.1. The van der Waals surface area contributed by atoms with Crippen LogP contribution in [-0.2, 0) is 0 Å². The molecule has 0 amide bonds.